The number of amidine groups is 1. The number of thiocarbonyl (C=S) groups is 1. The molecule has 0 amide bonds. The molecule has 3 aromatic rings. The number of nitrogens with one attached hydrogen (secondary N) is 1. The summed E-state index contributed by atoms with van der Waals surface area (Å²) in [5.74, 6) is -0.344. The van der Waals surface area contributed by atoms with Crippen molar-refractivity contribution in [3.63, 3.8) is 0 Å². The Balaban J connectivity index is 2.01. The van der Waals surface area contributed by atoms with E-state index in [1.165, 1.54) is 0 Å². The molecule has 5 nitrogen and oxygen atoms in total. The van der Waals surface area contributed by atoms with Gasteiger partial charge in [-0.1, -0.05) is 48.1 Å². The van der Waals surface area contributed by atoms with Gasteiger partial charge in [-0.15, -0.1) is 0 Å². The van der Waals surface area contributed by atoms with Crippen LogP contribution >= 0.6 is 23.8 Å². The monoisotopic (exact) mass is 422 g/mol. The molecule has 0 unspecified atom stereocenters. The lowest BCUT2D eigenvalue weighted by Crippen LogP contribution is -2.47. The van der Waals surface area contributed by atoms with Crippen LogP contribution in [0.1, 0.15) is 38.1 Å². The molecule has 7 heteroatoms. The van der Waals surface area contributed by atoms with Crippen LogP contribution in [0.3, 0.4) is 0 Å². The molecule has 2 heterocycles. The van der Waals surface area contributed by atoms with E-state index in [2.05, 4.69) is 11.1 Å². The summed E-state index contributed by atoms with van der Waals surface area (Å²) in [7, 11) is 0. The molecule has 0 radical (unpaired) electrons. The maximum absolute atomic E-state index is 10.4. The van der Waals surface area contributed by atoms with Crippen molar-refractivity contribution in [1.82, 2.24) is 9.88 Å². The van der Waals surface area contributed by atoms with Crippen LogP contribution in [0.5, 0.6) is 0 Å². The summed E-state index contributed by atoms with van der Waals surface area (Å²) in [4.78, 5) is 6.82. The Morgan fingerprint density at radius 1 is 1.21 bits per heavy atom. The van der Waals surface area contributed by atoms with Gasteiger partial charge in [0.25, 0.3) is 0 Å². The fourth-order valence-electron chi connectivity index (χ4n) is 3.88. The number of aromatic nitrogens is 1. The molecule has 2 atom stereocenters. The fourth-order valence-corrected chi connectivity index (χ4v) is 4.69. The third-order valence-corrected chi connectivity index (χ3v) is 5.85. The second-order valence-electron chi connectivity index (χ2n) is 8.08. The highest BCUT2D eigenvalue weighted by atomic mass is 35.5. The number of benzene rings is 2. The summed E-state index contributed by atoms with van der Waals surface area (Å²) in [6, 6.07) is 16.9. The molecule has 1 aliphatic rings. The van der Waals surface area contributed by atoms with Gasteiger partial charge in [0.2, 0.25) is 11.3 Å². The largest absolute Gasteiger partial charge is 0.438 e. The molecule has 0 aliphatic carbocycles. The minimum absolute atomic E-state index is 0.0732. The second kappa shape index (κ2) is 6.65. The fraction of sp³-hybridized carbons (Fsp3) is 0.273. The average Bonchev–Trinajstić information content (AvgIpc) is 3.19. The molecular weight excluding hydrogens is 404 g/mol. The van der Waals surface area contributed by atoms with E-state index >= 15 is 0 Å². The maximum atomic E-state index is 10.4. The summed E-state index contributed by atoms with van der Waals surface area (Å²) < 4.78 is 6.01. The second-order valence-corrected chi connectivity index (χ2v) is 8.94. The number of halogens is 1. The average molecular weight is 423 g/mol. The van der Waals surface area contributed by atoms with Crippen LogP contribution in [-0.2, 0) is 5.41 Å². The van der Waals surface area contributed by atoms with Crippen molar-refractivity contribution in [1.29, 1.82) is 10.7 Å². The van der Waals surface area contributed by atoms with E-state index in [-0.39, 0.29) is 11.7 Å². The van der Waals surface area contributed by atoms with Gasteiger partial charge in [-0.05, 0) is 50.6 Å². The summed E-state index contributed by atoms with van der Waals surface area (Å²) >= 11 is 11.9. The Hall–Kier alpha value is -2.75. The quantitative estimate of drug-likeness (QED) is 0.556. The third kappa shape index (κ3) is 2.85. The van der Waals surface area contributed by atoms with E-state index in [0.717, 1.165) is 5.56 Å². The molecule has 0 bridgehead atoms. The van der Waals surface area contributed by atoms with Crippen LogP contribution in [0.4, 0.5) is 0 Å². The van der Waals surface area contributed by atoms with Crippen molar-refractivity contribution in [2.45, 2.75) is 37.6 Å². The first-order valence-corrected chi connectivity index (χ1v) is 9.94. The van der Waals surface area contributed by atoms with Gasteiger partial charge >= 0.3 is 0 Å². The zero-order chi connectivity index (χ0) is 21.0. The Bertz CT molecular complexity index is 1140. The minimum Gasteiger partial charge on any atom is -0.438 e. The van der Waals surface area contributed by atoms with Crippen molar-refractivity contribution in [3.05, 3.63) is 65.0 Å². The lowest BCUT2D eigenvalue weighted by molar-refractivity contribution is 0.343. The standard InChI is InChI=1S/C22H19ClN4OS/c1-21(2,3)27-18(29)17(13-8-10-14(23)11-9-13)22(12-24,19(27)25)20-26-15-6-4-5-7-16(15)28-20/h4-11,17,25H,1-3H3/t17-,22+/m0/s1. The summed E-state index contributed by atoms with van der Waals surface area (Å²) in [6.07, 6.45) is 0. The van der Waals surface area contributed by atoms with Gasteiger partial charge in [-0.3, -0.25) is 5.41 Å². The summed E-state index contributed by atoms with van der Waals surface area (Å²) in [5, 5.41) is 20.1. The summed E-state index contributed by atoms with van der Waals surface area (Å²) in [5.41, 5.74) is 0.0419. The number of likely N-dealkylation sites (tertiary alicyclic amines) is 1. The number of rotatable bonds is 2. The molecule has 1 N–H and O–H groups in total. The topological polar surface area (TPSA) is 76.9 Å². The van der Waals surface area contributed by atoms with Crippen LogP contribution < -0.4 is 0 Å². The Morgan fingerprint density at radius 3 is 2.45 bits per heavy atom. The van der Waals surface area contributed by atoms with Gasteiger partial charge in [0.1, 0.15) is 11.4 Å². The molecule has 1 aromatic heterocycles. The first-order chi connectivity index (χ1) is 13.7. The predicted molar refractivity (Wildman–Crippen MR) is 117 cm³/mol. The van der Waals surface area contributed by atoms with Crippen molar-refractivity contribution in [3.8, 4) is 6.07 Å². The van der Waals surface area contributed by atoms with Crippen LogP contribution in [0, 0.1) is 16.7 Å². The molecule has 146 valence electrons. The lowest BCUT2D eigenvalue weighted by atomic mass is 9.74. The number of fused-ring (bicyclic) bond motifs is 1. The van der Waals surface area contributed by atoms with Crippen LogP contribution in [0.2, 0.25) is 5.02 Å². The number of hydrogen-bond acceptors (Lipinski definition) is 5. The molecule has 2 aromatic carbocycles. The molecule has 0 saturated carbocycles. The molecule has 29 heavy (non-hydrogen) atoms. The van der Waals surface area contributed by atoms with Crippen molar-refractivity contribution in [2.24, 2.45) is 0 Å². The Labute approximate surface area is 179 Å². The first kappa shape index (κ1) is 19.6. The smallest absolute Gasteiger partial charge is 0.224 e. The van der Waals surface area contributed by atoms with E-state index < -0.39 is 16.9 Å². The number of para-hydroxylation sites is 2. The zero-order valence-electron chi connectivity index (χ0n) is 16.2. The highest BCUT2D eigenvalue weighted by Gasteiger charge is 2.62. The number of hydrogen-bond donors (Lipinski definition) is 1. The number of oxazole rings is 1. The molecule has 1 aliphatic heterocycles. The maximum Gasteiger partial charge on any atom is 0.224 e. The minimum atomic E-state index is -1.47. The van der Waals surface area contributed by atoms with Crippen LogP contribution in [0.25, 0.3) is 11.1 Å². The molecule has 0 spiro atoms. The first-order valence-electron chi connectivity index (χ1n) is 9.16. The van der Waals surface area contributed by atoms with Crippen LogP contribution in [0.15, 0.2) is 52.9 Å². The molecular formula is C22H19ClN4OS. The number of nitrogens with zero attached hydrogens (tertiary/aromatic N) is 3. The Morgan fingerprint density at radius 2 is 1.86 bits per heavy atom. The van der Waals surface area contributed by atoms with Gasteiger partial charge in [0, 0.05) is 10.6 Å². The van der Waals surface area contributed by atoms with E-state index in [1.807, 2.05) is 51.1 Å². The lowest BCUT2D eigenvalue weighted by Gasteiger charge is -2.34. The molecule has 1 fully saturated rings. The zero-order valence-corrected chi connectivity index (χ0v) is 17.8. The highest BCUT2D eigenvalue weighted by Crippen LogP contribution is 2.50. The van der Waals surface area contributed by atoms with Gasteiger partial charge in [0.15, 0.2) is 5.58 Å². The Kier molecular flexibility index (Phi) is 4.49. The van der Waals surface area contributed by atoms with Gasteiger partial charge in [-0.2, -0.15) is 5.26 Å². The third-order valence-electron chi connectivity index (χ3n) is 5.18. The SMILES string of the molecule is CC(C)(C)N1C(=N)[C@](C#N)(c2nc3ccccc3o2)[C@@H](c2ccc(Cl)cc2)C1=S. The van der Waals surface area contributed by atoms with Crippen LogP contribution in [-0.4, -0.2) is 26.2 Å². The van der Waals surface area contributed by atoms with E-state index in [9.17, 15) is 5.26 Å². The molecule has 4 rings (SSSR count). The normalized spacial score (nSPS) is 22.3. The van der Waals surface area contributed by atoms with Crippen molar-refractivity contribution >= 4 is 45.7 Å². The van der Waals surface area contributed by atoms with Gasteiger partial charge in [0.05, 0.1) is 17.0 Å². The van der Waals surface area contributed by atoms with E-state index in [1.54, 1.807) is 23.1 Å². The predicted octanol–water partition coefficient (Wildman–Crippen LogP) is 5.45. The van der Waals surface area contributed by atoms with Crippen molar-refractivity contribution in [2.75, 3.05) is 0 Å². The van der Waals surface area contributed by atoms with E-state index in [4.69, 9.17) is 33.6 Å². The summed E-state index contributed by atoms with van der Waals surface area (Å²) in [6.45, 7) is 5.89. The van der Waals surface area contributed by atoms with Gasteiger partial charge < -0.3 is 9.32 Å². The molecule has 1 saturated heterocycles. The van der Waals surface area contributed by atoms with Crippen molar-refractivity contribution < 1.29 is 4.42 Å². The van der Waals surface area contributed by atoms with E-state index in [0.29, 0.717) is 21.1 Å². The van der Waals surface area contributed by atoms with Gasteiger partial charge in [-0.25, -0.2) is 4.98 Å². The number of nitriles is 1. The highest BCUT2D eigenvalue weighted by molar-refractivity contribution is 7.80.